The molecule has 6 nitrogen and oxygen atoms in total. The number of fused-ring (bicyclic) bond motifs is 3. The molecule has 0 aliphatic carbocycles. The van der Waals surface area contributed by atoms with Crippen molar-refractivity contribution in [1.82, 2.24) is 0 Å². The average Bonchev–Trinajstić information content (AvgIpc) is 3.33. The maximum atomic E-state index is 4.25. The van der Waals surface area contributed by atoms with E-state index in [0.717, 1.165) is 74.5 Å². The molecule has 6 rings (SSSR count). The molecule has 25 heavy (non-hydrogen) atoms. The van der Waals surface area contributed by atoms with Crippen LogP contribution >= 0.6 is 0 Å². The van der Waals surface area contributed by atoms with Crippen LogP contribution in [0.3, 0.4) is 0 Å². The van der Waals surface area contributed by atoms with Gasteiger partial charge < -0.3 is 30.9 Å². The van der Waals surface area contributed by atoms with Gasteiger partial charge in [-0.2, -0.15) is 0 Å². The van der Waals surface area contributed by atoms with Gasteiger partial charge in [0.15, 0.2) is 0 Å². The first-order chi connectivity index (χ1) is 11.9. The Labute approximate surface area is 161 Å². The Bertz CT molecular complexity index is 468. The predicted molar refractivity (Wildman–Crippen MR) is 99.8 cm³/mol. The largest absolute Gasteiger partial charge is 3.00 e. The van der Waals surface area contributed by atoms with Crippen LogP contribution in [-0.2, 0) is 17.4 Å². The van der Waals surface area contributed by atoms with Gasteiger partial charge in [-0.25, -0.2) is 0 Å². The molecule has 3 fully saturated rings. The van der Waals surface area contributed by atoms with Gasteiger partial charge in [-0.15, -0.1) is 0 Å². The second-order valence-corrected chi connectivity index (χ2v) is 7.19. The number of hydrogen-bond acceptors (Lipinski definition) is 3. The van der Waals surface area contributed by atoms with Gasteiger partial charge >= 0.3 is 17.4 Å². The van der Waals surface area contributed by atoms with Crippen molar-refractivity contribution < 1.29 is 17.4 Å². The quantitative estimate of drug-likeness (QED) is 0.617. The van der Waals surface area contributed by atoms with E-state index in [0.29, 0.717) is 0 Å². The van der Waals surface area contributed by atoms with E-state index in [1.54, 1.807) is 0 Å². The van der Waals surface area contributed by atoms with E-state index in [9.17, 15) is 0 Å². The predicted octanol–water partition coefficient (Wildman–Crippen LogP) is 3.54. The summed E-state index contributed by atoms with van der Waals surface area (Å²) in [5, 5.41) is 12.7. The Morgan fingerprint density at radius 3 is 1.12 bits per heavy atom. The molecular weight excluding hydrogens is 352 g/mol. The molecule has 0 aromatic rings. The zero-order valence-corrected chi connectivity index (χ0v) is 16.1. The van der Waals surface area contributed by atoms with Crippen LogP contribution in [0, 0.1) is 17.8 Å². The average molecular weight is 379 g/mol. The number of amidine groups is 3. The first kappa shape index (κ1) is 18.7. The summed E-state index contributed by atoms with van der Waals surface area (Å²) in [6, 6.07) is 0. The summed E-state index contributed by atoms with van der Waals surface area (Å²) in [5.41, 5.74) is 0. The van der Waals surface area contributed by atoms with Crippen LogP contribution in [0.25, 0.3) is 16.0 Å². The van der Waals surface area contributed by atoms with Crippen molar-refractivity contribution in [2.24, 2.45) is 32.7 Å². The molecule has 0 aromatic heterocycles. The summed E-state index contributed by atoms with van der Waals surface area (Å²) < 4.78 is 0. The van der Waals surface area contributed by atoms with Crippen LogP contribution < -0.4 is 0 Å². The molecular formula is C18H27CrN6. The summed E-state index contributed by atoms with van der Waals surface area (Å²) in [6.45, 7) is 6.19. The third-order valence-electron chi connectivity index (χ3n) is 5.60. The fourth-order valence-corrected chi connectivity index (χ4v) is 4.14. The Balaban J connectivity index is 0.000000107. The van der Waals surface area contributed by atoms with Crippen molar-refractivity contribution in [2.75, 3.05) is 39.3 Å². The standard InChI is InChI=1S/3C6H9N2.Cr/c3*1-3-7-6-5(1)2-4-8-6;/h3*5H,1-4H2;/q3*-1;+3. The van der Waals surface area contributed by atoms with E-state index >= 15 is 0 Å². The molecule has 6 heterocycles. The molecule has 7 heteroatoms. The van der Waals surface area contributed by atoms with Gasteiger partial charge in [0.05, 0.1) is 0 Å². The third kappa shape index (κ3) is 4.57. The van der Waals surface area contributed by atoms with Crippen molar-refractivity contribution in [3.8, 4) is 0 Å². The van der Waals surface area contributed by atoms with Gasteiger partial charge in [-0.1, -0.05) is 56.8 Å². The summed E-state index contributed by atoms with van der Waals surface area (Å²) in [4.78, 5) is 12.7. The first-order valence-electron chi connectivity index (χ1n) is 9.55. The molecule has 3 atom stereocenters. The maximum Gasteiger partial charge on any atom is 3.00 e. The Hall–Kier alpha value is -1.06. The number of rotatable bonds is 0. The van der Waals surface area contributed by atoms with E-state index in [-0.39, 0.29) is 17.4 Å². The minimum absolute atomic E-state index is 0. The summed E-state index contributed by atoms with van der Waals surface area (Å²) in [5.74, 6) is 5.75. The summed E-state index contributed by atoms with van der Waals surface area (Å²) in [6.07, 6.45) is 7.58. The summed E-state index contributed by atoms with van der Waals surface area (Å²) in [7, 11) is 0. The molecule has 0 amide bonds. The van der Waals surface area contributed by atoms with Crippen molar-refractivity contribution in [2.45, 2.75) is 38.5 Å². The smallest absolute Gasteiger partial charge is 0.469 e. The first-order valence-corrected chi connectivity index (χ1v) is 9.55. The third-order valence-corrected chi connectivity index (χ3v) is 5.60. The van der Waals surface area contributed by atoms with Crippen molar-refractivity contribution >= 4 is 17.5 Å². The monoisotopic (exact) mass is 379 g/mol. The van der Waals surface area contributed by atoms with Gasteiger partial charge in [0.25, 0.3) is 0 Å². The van der Waals surface area contributed by atoms with Gasteiger partial charge in [-0.05, 0) is 56.3 Å². The van der Waals surface area contributed by atoms with Crippen LogP contribution in [0.4, 0.5) is 0 Å². The minimum atomic E-state index is 0. The van der Waals surface area contributed by atoms with Crippen LogP contribution in [-0.4, -0.2) is 56.8 Å². The molecule has 0 saturated carbocycles. The number of nitrogens with zero attached hydrogens (tertiary/aromatic N) is 6. The van der Waals surface area contributed by atoms with Gasteiger partial charge in [0, 0.05) is 0 Å². The molecule has 3 saturated heterocycles. The number of hydrogen-bond donors (Lipinski definition) is 0. The molecule has 1 radical (unpaired) electrons. The number of aliphatic imine (C=N–C) groups is 3. The summed E-state index contributed by atoms with van der Waals surface area (Å²) >= 11 is 0. The van der Waals surface area contributed by atoms with Crippen LogP contribution in [0.15, 0.2) is 15.0 Å². The molecule has 0 aromatic carbocycles. The van der Waals surface area contributed by atoms with E-state index in [2.05, 4.69) is 30.9 Å². The van der Waals surface area contributed by atoms with Gasteiger partial charge in [0.2, 0.25) is 0 Å². The molecule has 6 aliphatic heterocycles. The topological polar surface area (TPSA) is 79.4 Å². The SMILES string of the molecule is C1CC2CC[N-]C2=N1.C1CC2CC[N-]C2=N1.C1CC2CC[N-]C2=N1.[Cr+3]. The Morgan fingerprint density at radius 1 is 0.520 bits per heavy atom. The molecule has 0 N–H and O–H groups in total. The molecule has 0 spiro atoms. The Morgan fingerprint density at radius 2 is 0.840 bits per heavy atom. The van der Waals surface area contributed by atoms with E-state index in [4.69, 9.17) is 0 Å². The van der Waals surface area contributed by atoms with Crippen LogP contribution in [0.5, 0.6) is 0 Å². The van der Waals surface area contributed by atoms with Crippen LogP contribution in [0.1, 0.15) is 38.5 Å². The molecule has 6 aliphatic rings. The second kappa shape index (κ2) is 9.05. The van der Waals surface area contributed by atoms with Gasteiger partial charge in [-0.3, -0.25) is 0 Å². The second-order valence-electron chi connectivity index (χ2n) is 7.19. The van der Waals surface area contributed by atoms with E-state index in [1.165, 1.54) is 38.5 Å². The molecule has 135 valence electrons. The maximum absolute atomic E-state index is 4.25. The Kier molecular flexibility index (Phi) is 6.78. The molecule has 3 unspecified atom stereocenters. The normalized spacial score (nSPS) is 32.6. The van der Waals surface area contributed by atoms with Crippen molar-refractivity contribution in [1.29, 1.82) is 0 Å². The van der Waals surface area contributed by atoms with E-state index in [1.807, 2.05) is 0 Å². The van der Waals surface area contributed by atoms with Crippen molar-refractivity contribution in [3.63, 3.8) is 0 Å². The minimum Gasteiger partial charge on any atom is -0.469 e. The zero-order chi connectivity index (χ0) is 16.2. The zero-order valence-electron chi connectivity index (χ0n) is 14.8. The van der Waals surface area contributed by atoms with Crippen LogP contribution in [0.2, 0.25) is 0 Å². The van der Waals surface area contributed by atoms with E-state index < -0.39 is 0 Å². The fraction of sp³-hybridized carbons (Fsp3) is 0.833. The molecule has 0 bridgehead atoms. The van der Waals surface area contributed by atoms with Crippen molar-refractivity contribution in [3.05, 3.63) is 16.0 Å². The fourth-order valence-electron chi connectivity index (χ4n) is 4.14. The van der Waals surface area contributed by atoms with Gasteiger partial charge in [0.1, 0.15) is 0 Å².